The summed E-state index contributed by atoms with van der Waals surface area (Å²) in [6.45, 7) is 6.18. The summed E-state index contributed by atoms with van der Waals surface area (Å²) in [6.07, 6.45) is 3.35. The predicted octanol–water partition coefficient (Wildman–Crippen LogP) is 1.86. The lowest BCUT2D eigenvalue weighted by atomic mass is 9.95. The number of hydrogen-bond acceptors (Lipinski definition) is 4. The molecule has 18 heavy (non-hydrogen) atoms. The Balaban J connectivity index is 1.94. The molecule has 0 aromatic carbocycles. The Hall–Kier alpha value is -0.840. The second-order valence-electron chi connectivity index (χ2n) is 5.17. The molecule has 0 bridgehead atoms. The van der Waals surface area contributed by atoms with Gasteiger partial charge in [0.2, 0.25) is 0 Å². The molecule has 1 N–H and O–H groups in total. The standard InChI is InChI=1S/C14H24N2O2/c1-11-4-6-16(10-14(11)17-3)9-12-5-7-18-13(12)8-15-2/h5,7,11,14-15H,4,6,8-10H2,1-3H3. The van der Waals surface area contributed by atoms with Crippen molar-refractivity contribution in [2.24, 2.45) is 5.92 Å². The molecule has 1 aromatic heterocycles. The van der Waals surface area contributed by atoms with Gasteiger partial charge in [0, 0.05) is 25.8 Å². The molecule has 102 valence electrons. The molecule has 1 fully saturated rings. The second kappa shape index (κ2) is 6.36. The second-order valence-corrected chi connectivity index (χ2v) is 5.17. The van der Waals surface area contributed by atoms with Crippen LogP contribution in [-0.2, 0) is 17.8 Å². The summed E-state index contributed by atoms with van der Waals surface area (Å²) < 4.78 is 11.1. The van der Waals surface area contributed by atoms with Crippen LogP contribution >= 0.6 is 0 Å². The van der Waals surface area contributed by atoms with E-state index in [0.29, 0.717) is 12.0 Å². The minimum atomic E-state index is 0.360. The minimum Gasteiger partial charge on any atom is -0.468 e. The number of nitrogens with one attached hydrogen (secondary N) is 1. The summed E-state index contributed by atoms with van der Waals surface area (Å²) in [5.74, 6) is 1.71. The molecule has 0 aliphatic carbocycles. The fraction of sp³-hybridized carbons (Fsp3) is 0.714. The SMILES string of the molecule is CNCc1occc1CN1CCC(C)C(OC)C1. The van der Waals surface area contributed by atoms with Crippen molar-refractivity contribution >= 4 is 0 Å². The smallest absolute Gasteiger partial charge is 0.122 e. The summed E-state index contributed by atoms with van der Waals surface area (Å²) in [6, 6.07) is 2.08. The van der Waals surface area contributed by atoms with Crippen LogP contribution in [0.2, 0.25) is 0 Å². The van der Waals surface area contributed by atoms with Crippen LogP contribution in [0.5, 0.6) is 0 Å². The highest BCUT2D eigenvalue weighted by Crippen LogP contribution is 2.22. The molecule has 2 unspecified atom stereocenters. The van der Waals surface area contributed by atoms with Gasteiger partial charge in [-0.05, 0) is 32.0 Å². The van der Waals surface area contributed by atoms with Crippen LogP contribution in [0.25, 0.3) is 0 Å². The maximum Gasteiger partial charge on any atom is 0.122 e. The Kier molecular flexibility index (Phi) is 4.80. The van der Waals surface area contributed by atoms with Crippen molar-refractivity contribution in [1.29, 1.82) is 0 Å². The maximum absolute atomic E-state index is 5.55. The molecule has 2 heterocycles. The van der Waals surface area contributed by atoms with Crippen molar-refractivity contribution in [3.05, 3.63) is 23.7 Å². The Morgan fingerprint density at radius 1 is 1.56 bits per heavy atom. The first-order valence-electron chi connectivity index (χ1n) is 6.69. The van der Waals surface area contributed by atoms with E-state index >= 15 is 0 Å². The van der Waals surface area contributed by atoms with Crippen LogP contribution in [0.15, 0.2) is 16.7 Å². The van der Waals surface area contributed by atoms with Crippen molar-refractivity contribution in [2.45, 2.75) is 32.5 Å². The molecule has 1 aliphatic rings. The van der Waals surface area contributed by atoms with Crippen molar-refractivity contribution in [3.63, 3.8) is 0 Å². The van der Waals surface area contributed by atoms with Crippen molar-refractivity contribution in [2.75, 3.05) is 27.2 Å². The number of nitrogens with zero attached hydrogens (tertiary/aromatic N) is 1. The molecule has 1 aromatic rings. The monoisotopic (exact) mass is 252 g/mol. The molecule has 4 nitrogen and oxygen atoms in total. The Morgan fingerprint density at radius 2 is 2.39 bits per heavy atom. The molecule has 0 amide bonds. The first-order chi connectivity index (χ1) is 8.74. The third kappa shape index (κ3) is 3.13. The molecule has 2 atom stereocenters. The van der Waals surface area contributed by atoms with Crippen molar-refractivity contribution in [1.82, 2.24) is 10.2 Å². The number of piperidine rings is 1. The lowest BCUT2D eigenvalue weighted by molar-refractivity contribution is -0.00759. The number of likely N-dealkylation sites (tertiary alicyclic amines) is 1. The van der Waals surface area contributed by atoms with E-state index in [1.807, 2.05) is 14.2 Å². The van der Waals surface area contributed by atoms with E-state index in [-0.39, 0.29) is 0 Å². The van der Waals surface area contributed by atoms with Gasteiger partial charge in [0.05, 0.1) is 18.9 Å². The van der Waals surface area contributed by atoms with Gasteiger partial charge in [0.25, 0.3) is 0 Å². The third-order valence-electron chi connectivity index (χ3n) is 3.85. The van der Waals surface area contributed by atoms with E-state index in [0.717, 1.165) is 31.9 Å². The summed E-state index contributed by atoms with van der Waals surface area (Å²) in [7, 11) is 3.75. The molecule has 4 heteroatoms. The van der Waals surface area contributed by atoms with Crippen LogP contribution in [0.4, 0.5) is 0 Å². The number of methoxy groups -OCH3 is 1. The van der Waals surface area contributed by atoms with Crippen LogP contribution in [0.3, 0.4) is 0 Å². The van der Waals surface area contributed by atoms with Crippen molar-refractivity contribution in [3.8, 4) is 0 Å². The van der Waals surface area contributed by atoms with Crippen molar-refractivity contribution < 1.29 is 9.15 Å². The Bertz CT molecular complexity index is 364. The Morgan fingerprint density at radius 3 is 3.11 bits per heavy atom. The van der Waals surface area contributed by atoms with Gasteiger partial charge < -0.3 is 14.5 Å². The van der Waals surface area contributed by atoms with Gasteiger partial charge in [-0.1, -0.05) is 6.92 Å². The molecule has 0 radical (unpaired) electrons. The normalized spacial score (nSPS) is 25.5. The Labute approximate surface area is 109 Å². The number of hydrogen-bond donors (Lipinski definition) is 1. The van der Waals surface area contributed by atoms with Crippen LogP contribution in [0, 0.1) is 5.92 Å². The highest BCUT2D eigenvalue weighted by atomic mass is 16.5. The summed E-state index contributed by atoms with van der Waals surface area (Å²) in [5.41, 5.74) is 1.29. The highest BCUT2D eigenvalue weighted by Gasteiger charge is 2.26. The average Bonchev–Trinajstić information content (AvgIpc) is 2.80. The van der Waals surface area contributed by atoms with Gasteiger partial charge in [-0.2, -0.15) is 0 Å². The quantitative estimate of drug-likeness (QED) is 0.868. The summed E-state index contributed by atoms with van der Waals surface area (Å²) >= 11 is 0. The average molecular weight is 252 g/mol. The van der Waals surface area contributed by atoms with E-state index in [1.165, 1.54) is 12.0 Å². The maximum atomic E-state index is 5.55. The third-order valence-corrected chi connectivity index (χ3v) is 3.85. The van der Waals surface area contributed by atoms with Gasteiger partial charge in [0.1, 0.15) is 5.76 Å². The first kappa shape index (κ1) is 13.6. The molecule has 0 spiro atoms. The highest BCUT2D eigenvalue weighted by molar-refractivity contribution is 5.17. The van der Waals surface area contributed by atoms with E-state index in [4.69, 9.17) is 9.15 Å². The molecule has 0 saturated carbocycles. The number of ether oxygens (including phenoxy) is 1. The lowest BCUT2D eigenvalue weighted by Crippen LogP contribution is -2.43. The molecular formula is C14H24N2O2. The van der Waals surface area contributed by atoms with E-state index < -0.39 is 0 Å². The lowest BCUT2D eigenvalue weighted by Gasteiger charge is -2.36. The van der Waals surface area contributed by atoms with Crippen LogP contribution < -0.4 is 5.32 Å². The van der Waals surface area contributed by atoms with Gasteiger partial charge in [-0.3, -0.25) is 4.90 Å². The fourth-order valence-corrected chi connectivity index (χ4v) is 2.61. The minimum absolute atomic E-state index is 0.360. The largest absolute Gasteiger partial charge is 0.468 e. The molecular weight excluding hydrogens is 228 g/mol. The molecule has 2 rings (SSSR count). The van der Waals surface area contributed by atoms with E-state index in [1.54, 1.807) is 6.26 Å². The first-order valence-corrected chi connectivity index (χ1v) is 6.69. The van der Waals surface area contributed by atoms with Gasteiger partial charge in [-0.15, -0.1) is 0 Å². The zero-order chi connectivity index (χ0) is 13.0. The zero-order valence-electron chi connectivity index (χ0n) is 11.6. The fourth-order valence-electron chi connectivity index (χ4n) is 2.61. The predicted molar refractivity (Wildman–Crippen MR) is 71.3 cm³/mol. The molecule has 1 aliphatic heterocycles. The summed E-state index contributed by atoms with van der Waals surface area (Å²) in [5, 5.41) is 3.14. The van der Waals surface area contributed by atoms with E-state index in [2.05, 4.69) is 23.2 Å². The topological polar surface area (TPSA) is 37.6 Å². The number of furan rings is 1. The van der Waals surface area contributed by atoms with Gasteiger partial charge >= 0.3 is 0 Å². The van der Waals surface area contributed by atoms with Crippen LogP contribution in [0.1, 0.15) is 24.7 Å². The molecule has 1 saturated heterocycles. The zero-order valence-corrected chi connectivity index (χ0v) is 11.6. The number of rotatable bonds is 5. The van der Waals surface area contributed by atoms with E-state index in [9.17, 15) is 0 Å². The summed E-state index contributed by atoms with van der Waals surface area (Å²) in [4.78, 5) is 2.46. The van der Waals surface area contributed by atoms with Crippen LogP contribution in [-0.4, -0.2) is 38.3 Å². The van der Waals surface area contributed by atoms with Gasteiger partial charge in [-0.25, -0.2) is 0 Å². The van der Waals surface area contributed by atoms with Gasteiger partial charge in [0.15, 0.2) is 0 Å².